The maximum absolute atomic E-state index is 14.4. The highest BCUT2D eigenvalue weighted by molar-refractivity contribution is 5.69. The van der Waals surface area contributed by atoms with E-state index in [1.165, 1.54) is 11.6 Å². The number of aromatic nitrogens is 3. The molecule has 3 heterocycles. The Bertz CT molecular complexity index is 995. The lowest BCUT2D eigenvalue weighted by atomic mass is 9.76. The highest BCUT2D eigenvalue weighted by atomic mass is 19.1. The fraction of sp³-hybridized carbons (Fsp3) is 0.625. The zero-order valence-electron chi connectivity index (χ0n) is 19.7. The van der Waals surface area contributed by atoms with Crippen LogP contribution in [0.5, 0.6) is 0 Å². The number of hydrogen-bond acceptors (Lipinski definition) is 5. The molecule has 1 aliphatic carbocycles. The van der Waals surface area contributed by atoms with E-state index in [1.54, 1.807) is 4.90 Å². The molecule has 1 fully saturated rings. The molecular formula is C24H34FN5O2. The van der Waals surface area contributed by atoms with E-state index < -0.39 is 11.5 Å². The van der Waals surface area contributed by atoms with Gasteiger partial charge in [0.1, 0.15) is 11.4 Å². The third-order valence-electron chi connectivity index (χ3n) is 6.15. The van der Waals surface area contributed by atoms with Crippen LogP contribution >= 0.6 is 0 Å². The molecule has 0 bridgehead atoms. The van der Waals surface area contributed by atoms with Gasteiger partial charge in [0.15, 0.2) is 0 Å². The molecule has 0 radical (unpaired) electrons. The van der Waals surface area contributed by atoms with Crippen LogP contribution in [-0.4, -0.2) is 50.9 Å². The van der Waals surface area contributed by atoms with E-state index in [4.69, 9.17) is 4.74 Å². The first-order chi connectivity index (χ1) is 15.0. The molecule has 1 amide bonds. The lowest BCUT2D eigenvalue weighted by molar-refractivity contribution is 0.0206. The Balaban J connectivity index is 1.49. The van der Waals surface area contributed by atoms with E-state index in [2.05, 4.69) is 34.3 Å². The first kappa shape index (κ1) is 22.6. The van der Waals surface area contributed by atoms with Crippen molar-refractivity contribution >= 4 is 11.9 Å². The van der Waals surface area contributed by atoms with Crippen molar-refractivity contribution in [2.75, 3.05) is 18.4 Å². The minimum atomic E-state index is -0.544. The number of halogens is 1. The number of amides is 1. The van der Waals surface area contributed by atoms with Gasteiger partial charge >= 0.3 is 6.09 Å². The summed E-state index contributed by atoms with van der Waals surface area (Å²) < 4.78 is 19.9. The lowest BCUT2D eigenvalue weighted by Crippen LogP contribution is -2.47. The topological polar surface area (TPSA) is 83.1 Å². The zero-order chi connectivity index (χ0) is 23.1. The van der Waals surface area contributed by atoms with Gasteiger partial charge in [-0.2, -0.15) is 9.49 Å². The summed E-state index contributed by atoms with van der Waals surface area (Å²) in [7, 11) is 0. The fourth-order valence-corrected chi connectivity index (χ4v) is 4.59. The quantitative estimate of drug-likeness (QED) is 0.657. The first-order valence-corrected chi connectivity index (χ1v) is 11.5. The summed E-state index contributed by atoms with van der Waals surface area (Å²) in [4.78, 5) is 18.2. The molecule has 32 heavy (non-hydrogen) atoms. The van der Waals surface area contributed by atoms with Gasteiger partial charge in [-0.1, -0.05) is 13.8 Å². The number of pyridine rings is 1. The summed E-state index contributed by atoms with van der Waals surface area (Å²) >= 11 is 0. The molecule has 2 aromatic heterocycles. The van der Waals surface area contributed by atoms with Gasteiger partial charge in [0.2, 0.25) is 5.95 Å². The van der Waals surface area contributed by atoms with Gasteiger partial charge < -0.3 is 15.0 Å². The number of anilines is 1. The van der Waals surface area contributed by atoms with Crippen molar-refractivity contribution in [3.05, 3.63) is 29.3 Å². The summed E-state index contributed by atoms with van der Waals surface area (Å²) in [5.41, 5.74) is 3.55. The Hall–Kier alpha value is -2.64. The van der Waals surface area contributed by atoms with Crippen molar-refractivity contribution in [1.82, 2.24) is 20.1 Å². The summed E-state index contributed by atoms with van der Waals surface area (Å²) in [6.07, 6.45) is 4.35. The van der Waals surface area contributed by atoms with Crippen LogP contribution in [0.3, 0.4) is 0 Å². The number of nitrogens with one attached hydrogen (secondary N) is 2. The molecule has 1 atom stereocenters. The summed E-state index contributed by atoms with van der Waals surface area (Å²) in [5, 5.41) is 11.0. The Morgan fingerprint density at radius 2 is 2.12 bits per heavy atom. The second kappa shape index (κ2) is 8.37. The Morgan fingerprint density at radius 1 is 1.34 bits per heavy atom. The lowest BCUT2D eigenvalue weighted by Gasteiger charge is -2.34. The molecule has 1 aliphatic heterocycles. The second-order valence-electron chi connectivity index (χ2n) is 10.8. The molecule has 4 rings (SSSR count). The molecule has 174 valence electrons. The number of rotatable bonds is 3. The van der Waals surface area contributed by atoms with Gasteiger partial charge in [-0.15, -0.1) is 0 Å². The predicted octanol–water partition coefficient (Wildman–Crippen LogP) is 4.94. The van der Waals surface area contributed by atoms with Crippen LogP contribution in [0.4, 0.5) is 15.0 Å². The molecule has 1 unspecified atom stereocenters. The first-order valence-electron chi connectivity index (χ1n) is 11.5. The maximum atomic E-state index is 14.4. The average Bonchev–Trinajstić information content (AvgIpc) is 3.08. The second-order valence-corrected chi connectivity index (χ2v) is 10.8. The van der Waals surface area contributed by atoms with Crippen LogP contribution in [0, 0.1) is 11.4 Å². The molecule has 1 saturated heterocycles. The largest absolute Gasteiger partial charge is 0.444 e. The minimum absolute atomic E-state index is 0.0210. The highest BCUT2D eigenvalue weighted by Gasteiger charge is 2.30. The molecule has 0 aromatic carbocycles. The standard InChI is InChI=1S/C24H34FN5O2/c1-23(2,3)32-22(31)30-10-6-7-16(14-30)26-20-12-15(11-19(25)27-20)21-17-8-9-24(4,5)13-18(17)28-29-21/h11-12,16H,6-10,13-14H2,1-5H3,(H,26,27)(H,28,29). The summed E-state index contributed by atoms with van der Waals surface area (Å²) in [5.74, 6) is -0.0818. The van der Waals surface area contributed by atoms with Gasteiger partial charge in [-0.3, -0.25) is 5.10 Å². The molecule has 2 aliphatic rings. The van der Waals surface area contributed by atoms with E-state index in [-0.39, 0.29) is 17.6 Å². The monoisotopic (exact) mass is 443 g/mol. The maximum Gasteiger partial charge on any atom is 0.410 e. The van der Waals surface area contributed by atoms with E-state index in [0.717, 1.165) is 49.1 Å². The summed E-state index contributed by atoms with van der Waals surface area (Å²) in [6, 6.07) is 3.27. The number of piperidine rings is 1. The average molecular weight is 444 g/mol. The predicted molar refractivity (Wildman–Crippen MR) is 122 cm³/mol. The van der Waals surface area contributed by atoms with E-state index in [9.17, 15) is 9.18 Å². The van der Waals surface area contributed by atoms with Crippen LogP contribution in [0.25, 0.3) is 11.3 Å². The Morgan fingerprint density at radius 3 is 2.88 bits per heavy atom. The Labute approximate surface area is 189 Å². The molecule has 2 N–H and O–H groups in total. The molecule has 0 spiro atoms. The number of carbonyl (C=O) groups is 1. The van der Waals surface area contributed by atoms with Crippen LogP contribution in [0.15, 0.2) is 12.1 Å². The van der Waals surface area contributed by atoms with Gasteiger partial charge in [0.25, 0.3) is 0 Å². The van der Waals surface area contributed by atoms with E-state index in [0.29, 0.717) is 18.9 Å². The number of fused-ring (bicyclic) bond motifs is 1. The fourth-order valence-electron chi connectivity index (χ4n) is 4.59. The highest BCUT2D eigenvalue weighted by Crippen LogP contribution is 2.38. The molecule has 8 heteroatoms. The van der Waals surface area contributed by atoms with Crippen molar-refractivity contribution < 1.29 is 13.9 Å². The van der Waals surface area contributed by atoms with E-state index >= 15 is 0 Å². The van der Waals surface area contributed by atoms with Crippen LogP contribution in [-0.2, 0) is 17.6 Å². The third-order valence-corrected chi connectivity index (χ3v) is 6.15. The van der Waals surface area contributed by atoms with Gasteiger partial charge in [0.05, 0.1) is 5.69 Å². The van der Waals surface area contributed by atoms with Crippen molar-refractivity contribution in [1.29, 1.82) is 0 Å². The van der Waals surface area contributed by atoms with Crippen LogP contribution in [0.2, 0.25) is 0 Å². The smallest absolute Gasteiger partial charge is 0.410 e. The third kappa shape index (κ3) is 5.22. The van der Waals surface area contributed by atoms with Crippen LogP contribution < -0.4 is 5.32 Å². The van der Waals surface area contributed by atoms with Crippen molar-refractivity contribution in [3.63, 3.8) is 0 Å². The summed E-state index contributed by atoms with van der Waals surface area (Å²) in [6.45, 7) is 11.2. The molecule has 0 saturated carbocycles. The minimum Gasteiger partial charge on any atom is -0.444 e. The number of likely N-dealkylation sites (tertiary alicyclic amines) is 1. The van der Waals surface area contributed by atoms with Gasteiger partial charge in [-0.25, -0.2) is 9.78 Å². The molecular weight excluding hydrogens is 409 g/mol. The van der Waals surface area contributed by atoms with Gasteiger partial charge in [0, 0.05) is 42.0 Å². The van der Waals surface area contributed by atoms with Gasteiger partial charge in [-0.05, 0) is 64.4 Å². The number of ether oxygens (including phenoxy) is 1. The number of H-pyrrole nitrogens is 1. The van der Waals surface area contributed by atoms with Crippen LogP contribution in [0.1, 0.15) is 65.1 Å². The molecule has 7 nitrogen and oxygen atoms in total. The van der Waals surface area contributed by atoms with Crippen molar-refractivity contribution in [2.24, 2.45) is 5.41 Å². The number of nitrogens with zero attached hydrogens (tertiary/aromatic N) is 3. The number of carbonyl (C=O) groups excluding carboxylic acids is 1. The SMILES string of the molecule is CC1(C)CCc2c(-c3cc(F)nc(NC4CCCN(C(=O)OC(C)(C)C)C4)c3)n[nH]c2C1. The van der Waals surface area contributed by atoms with Crippen molar-refractivity contribution in [3.8, 4) is 11.3 Å². The molecule has 2 aromatic rings. The number of hydrogen-bond donors (Lipinski definition) is 2. The number of aromatic amines is 1. The normalized spacial score (nSPS) is 20.6. The van der Waals surface area contributed by atoms with E-state index in [1.807, 2.05) is 26.8 Å². The Kier molecular flexibility index (Phi) is 5.90. The van der Waals surface area contributed by atoms with Crippen molar-refractivity contribution in [2.45, 2.75) is 78.4 Å². The zero-order valence-corrected chi connectivity index (χ0v) is 19.7.